The highest BCUT2D eigenvalue weighted by atomic mass is 16.5. The van der Waals surface area contributed by atoms with Crippen molar-refractivity contribution in [2.24, 2.45) is 0 Å². The Balaban J connectivity index is 1.44. The molecule has 1 heterocycles. The molecular formula is C25H27NO. The maximum atomic E-state index is 6.52. The molecular weight excluding hydrogens is 330 g/mol. The van der Waals surface area contributed by atoms with Gasteiger partial charge in [0.25, 0.3) is 0 Å². The lowest BCUT2D eigenvalue weighted by molar-refractivity contribution is 0.0351. The Bertz CT molecular complexity index is 957. The molecule has 0 saturated heterocycles. The van der Waals surface area contributed by atoms with Gasteiger partial charge in [-0.3, -0.25) is 0 Å². The van der Waals surface area contributed by atoms with Crippen molar-refractivity contribution in [3.8, 4) is 5.75 Å². The van der Waals surface area contributed by atoms with Crippen molar-refractivity contribution in [2.75, 3.05) is 0 Å². The molecule has 0 aromatic heterocycles. The summed E-state index contributed by atoms with van der Waals surface area (Å²) >= 11 is 0. The molecule has 138 valence electrons. The maximum absolute atomic E-state index is 6.52. The SMILES string of the molecule is CC(NC1CC2(CCCC2)Oc2ccccc21)c1ccc2ccccc2c1. The van der Waals surface area contributed by atoms with Crippen LogP contribution in [0.3, 0.4) is 0 Å². The number of nitrogens with one attached hydrogen (secondary N) is 1. The first kappa shape index (κ1) is 16.8. The lowest BCUT2D eigenvalue weighted by atomic mass is 9.85. The molecule has 2 heteroatoms. The standard InChI is InChI=1S/C25H27NO/c1-18(20-13-12-19-8-2-3-9-21(19)16-20)26-23-17-25(14-6-7-15-25)27-24-11-5-4-10-22(23)24/h2-5,8-13,16,18,23,26H,6-7,14-15,17H2,1H3. The monoisotopic (exact) mass is 357 g/mol. The summed E-state index contributed by atoms with van der Waals surface area (Å²) in [6, 6.07) is 24.6. The van der Waals surface area contributed by atoms with E-state index in [1.807, 2.05) is 0 Å². The number of hydrogen-bond donors (Lipinski definition) is 1. The van der Waals surface area contributed by atoms with Gasteiger partial charge in [0.2, 0.25) is 0 Å². The zero-order valence-electron chi connectivity index (χ0n) is 15.9. The molecule has 2 unspecified atom stereocenters. The summed E-state index contributed by atoms with van der Waals surface area (Å²) in [5.41, 5.74) is 2.69. The first-order valence-electron chi connectivity index (χ1n) is 10.3. The van der Waals surface area contributed by atoms with Crippen LogP contribution in [0.25, 0.3) is 10.8 Å². The van der Waals surface area contributed by atoms with Gasteiger partial charge in [-0.15, -0.1) is 0 Å². The van der Waals surface area contributed by atoms with Crippen LogP contribution in [0.4, 0.5) is 0 Å². The summed E-state index contributed by atoms with van der Waals surface area (Å²) in [5.74, 6) is 1.08. The minimum atomic E-state index is 0.0368. The molecule has 2 aliphatic rings. The fourth-order valence-electron chi connectivity index (χ4n) is 4.97. The average Bonchev–Trinajstić information content (AvgIpc) is 3.15. The van der Waals surface area contributed by atoms with E-state index in [4.69, 9.17) is 4.74 Å². The summed E-state index contributed by atoms with van der Waals surface area (Å²) in [4.78, 5) is 0. The van der Waals surface area contributed by atoms with Crippen molar-refractivity contribution in [3.05, 3.63) is 77.9 Å². The molecule has 27 heavy (non-hydrogen) atoms. The van der Waals surface area contributed by atoms with Gasteiger partial charge in [0.1, 0.15) is 11.4 Å². The Labute approximate surface area is 161 Å². The molecule has 1 aliphatic carbocycles. The van der Waals surface area contributed by atoms with E-state index in [-0.39, 0.29) is 5.60 Å². The molecule has 1 saturated carbocycles. The van der Waals surface area contributed by atoms with Crippen LogP contribution in [-0.4, -0.2) is 5.60 Å². The quantitative estimate of drug-likeness (QED) is 0.591. The van der Waals surface area contributed by atoms with E-state index in [1.54, 1.807) is 0 Å². The van der Waals surface area contributed by atoms with Crippen molar-refractivity contribution < 1.29 is 4.74 Å². The molecule has 0 radical (unpaired) electrons. The van der Waals surface area contributed by atoms with Crippen LogP contribution in [0.2, 0.25) is 0 Å². The van der Waals surface area contributed by atoms with Gasteiger partial charge in [0.15, 0.2) is 0 Å². The molecule has 1 fully saturated rings. The molecule has 3 aromatic rings. The fraction of sp³-hybridized carbons (Fsp3) is 0.360. The van der Waals surface area contributed by atoms with Crippen molar-refractivity contribution in [3.63, 3.8) is 0 Å². The van der Waals surface area contributed by atoms with Crippen LogP contribution in [0, 0.1) is 0 Å². The Morgan fingerprint density at radius 1 is 0.926 bits per heavy atom. The topological polar surface area (TPSA) is 21.3 Å². The predicted molar refractivity (Wildman–Crippen MR) is 111 cm³/mol. The number of rotatable bonds is 3. The number of para-hydroxylation sites is 1. The Hall–Kier alpha value is -2.32. The number of hydrogen-bond acceptors (Lipinski definition) is 2. The van der Waals surface area contributed by atoms with Gasteiger partial charge in [-0.25, -0.2) is 0 Å². The third kappa shape index (κ3) is 3.12. The van der Waals surface area contributed by atoms with Gasteiger partial charge in [-0.05, 0) is 61.1 Å². The largest absolute Gasteiger partial charge is 0.487 e. The van der Waals surface area contributed by atoms with E-state index < -0.39 is 0 Å². The van der Waals surface area contributed by atoms with Gasteiger partial charge in [0.05, 0.1) is 0 Å². The zero-order chi connectivity index (χ0) is 18.3. The second-order valence-corrected chi connectivity index (χ2v) is 8.28. The van der Waals surface area contributed by atoms with Crippen LogP contribution in [0.15, 0.2) is 66.7 Å². The van der Waals surface area contributed by atoms with E-state index in [2.05, 4.69) is 79.0 Å². The van der Waals surface area contributed by atoms with E-state index >= 15 is 0 Å². The van der Waals surface area contributed by atoms with Crippen molar-refractivity contribution in [1.82, 2.24) is 5.32 Å². The second kappa shape index (κ2) is 6.69. The van der Waals surface area contributed by atoms with Crippen LogP contribution in [0.1, 0.15) is 62.2 Å². The molecule has 0 amide bonds. The lowest BCUT2D eigenvalue weighted by Gasteiger charge is -2.41. The first-order chi connectivity index (χ1) is 13.2. The van der Waals surface area contributed by atoms with E-state index in [1.165, 1.54) is 47.6 Å². The maximum Gasteiger partial charge on any atom is 0.124 e. The minimum Gasteiger partial charge on any atom is -0.487 e. The van der Waals surface area contributed by atoms with Crippen LogP contribution >= 0.6 is 0 Å². The van der Waals surface area contributed by atoms with Gasteiger partial charge < -0.3 is 10.1 Å². The highest BCUT2D eigenvalue weighted by Crippen LogP contribution is 2.47. The summed E-state index contributed by atoms with van der Waals surface area (Å²) in [5, 5.41) is 6.54. The van der Waals surface area contributed by atoms with Crippen molar-refractivity contribution in [2.45, 2.75) is 56.7 Å². The number of benzene rings is 3. The number of ether oxygens (including phenoxy) is 1. The molecule has 2 atom stereocenters. The molecule has 1 N–H and O–H groups in total. The Kier molecular flexibility index (Phi) is 4.17. The Morgan fingerprint density at radius 3 is 2.52 bits per heavy atom. The predicted octanol–water partition coefficient (Wildman–Crippen LogP) is 6.33. The molecule has 2 nitrogen and oxygen atoms in total. The van der Waals surface area contributed by atoms with Gasteiger partial charge in [0, 0.05) is 24.1 Å². The van der Waals surface area contributed by atoms with E-state index in [0.29, 0.717) is 12.1 Å². The minimum absolute atomic E-state index is 0.0368. The summed E-state index contributed by atoms with van der Waals surface area (Å²) in [7, 11) is 0. The second-order valence-electron chi connectivity index (χ2n) is 8.28. The molecule has 3 aromatic carbocycles. The smallest absolute Gasteiger partial charge is 0.124 e. The fourth-order valence-corrected chi connectivity index (χ4v) is 4.97. The van der Waals surface area contributed by atoms with E-state index in [9.17, 15) is 0 Å². The third-order valence-corrected chi connectivity index (χ3v) is 6.44. The van der Waals surface area contributed by atoms with Crippen molar-refractivity contribution in [1.29, 1.82) is 0 Å². The molecule has 1 spiro atoms. The molecule has 5 rings (SSSR count). The van der Waals surface area contributed by atoms with Gasteiger partial charge in [-0.2, -0.15) is 0 Å². The summed E-state index contributed by atoms with van der Waals surface area (Å²) in [6.07, 6.45) is 6.01. The van der Waals surface area contributed by atoms with Crippen LogP contribution < -0.4 is 10.1 Å². The van der Waals surface area contributed by atoms with Gasteiger partial charge in [-0.1, -0.05) is 54.6 Å². The summed E-state index contributed by atoms with van der Waals surface area (Å²) < 4.78 is 6.52. The highest BCUT2D eigenvalue weighted by Gasteiger charge is 2.43. The van der Waals surface area contributed by atoms with Crippen LogP contribution in [0.5, 0.6) is 5.75 Å². The van der Waals surface area contributed by atoms with Gasteiger partial charge >= 0.3 is 0 Å². The number of fused-ring (bicyclic) bond motifs is 2. The molecule has 0 bridgehead atoms. The zero-order valence-corrected chi connectivity index (χ0v) is 15.9. The van der Waals surface area contributed by atoms with E-state index in [0.717, 1.165) is 12.2 Å². The average molecular weight is 357 g/mol. The van der Waals surface area contributed by atoms with Crippen LogP contribution in [-0.2, 0) is 0 Å². The highest BCUT2D eigenvalue weighted by molar-refractivity contribution is 5.83. The summed E-state index contributed by atoms with van der Waals surface area (Å²) in [6.45, 7) is 2.28. The lowest BCUT2D eigenvalue weighted by Crippen LogP contribution is -2.42. The Morgan fingerprint density at radius 2 is 1.67 bits per heavy atom. The molecule has 1 aliphatic heterocycles. The van der Waals surface area contributed by atoms with Crippen molar-refractivity contribution >= 4 is 10.8 Å². The normalized spacial score (nSPS) is 21.7. The third-order valence-electron chi connectivity index (χ3n) is 6.44. The first-order valence-corrected chi connectivity index (χ1v) is 10.3.